The van der Waals surface area contributed by atoms with Gasteiger partial charge in [-0.25, -0.2) is 0 Å². The minimum atomic E-state index is -0.426. The molecule has 0 aliphatic carbocycles. The predicted octanol–water partition coefficient (Wildman–Crippen LogP) is 3.00. The number of nitrogens with zero attached hydrogens (tertiary/aromatic N) is 1. The molecular formula is C15H21ClN2O. The maximum Gasteiger partial charge on any atom is 0.242 e. The number of carbonyl (C=O) groups excluding carboxylic acids is 1. The molecule has 1 aromatic carbocycles. The number of halogens is 1. The Hall–Kier alpha value is -1.06. The molecule has 0 spiro atoms. The smallest absolute Gasteiger partial charge is 0.242 e. The summed E-state index contributed by atoms with van der Waals surface area (Å²) in [6.07, 6.45) is 1.95. The third kappa shape index (κ3) is 2.77. The quantitative estimate of drug-likeness (QED) is 0.923. The van der Waals surface area contributed by atoms with Crippen molar-refractivity contribution in [3.05, 3.63) is 34.9 Å². The third-order valence-electron chi connectivity index (χ3n) is 4.10. The van der Waals surface area contributed by atoms with Crippen LogP contribution in [0.1, 0.15) is 38.3 Å². The van der Waals surface area contributed by atoms with Crippen LogP contribution in [0, 0.1) is 0 Å². The molecule has 1 aliphatic heterocycles. The molecular weight excluding hydrogens is 260 g/mol. The minimum Gasteiger partial charge on any atom is -0.337 e. The van der Waals surface area contributed by atoms with E-state index in [1.807, 2.05) is 45.2 Å². The highest BCUT2D eigenvalue weighted by atomic mass is 35.5. The largest absolute Gasteiger partial charge is 0.337 e. The number of hydrogen-bond acceptors (Lipinski definition) is 2. The van der Waals surface area contributed by atoms with Crippen molar-refractivity contribution >= 4 is 17.5 Å². The molecule has 0 saturated carbocycles. The molecule has 19 heavy (non-hydrogen) atoms. The second kappa shape index (κ2) is 5.51. The molecule has 1 saturated heterocycles. The lowest BCUT2D eigenvalue weighted by Gasteiger charge is -2.33. The molecule has 2 atom stereocenters. The second-order valence-electron chi connectivity index (χ2n) is 5.48. The fourth-order valence-electron chi connectivity index (χ4n) is 2.66. The molecule has 1 aliphatic rings. The molecule has 1 N–H and O–H groups in total. The van der Waals surface area contributed by atoms with Gasteiger partial charge in [-0.3, -0.25) is 4.79 Å². The van der Waals surface area contributed by atoms with Crippen LogP contribution in [0.25, 0.3) is 0 Å². The maximum atomic E-state index is 12.6. The molecule has 1 amide bonds. The van der Waals surface area contributed by atoms with Crippen molar-refractivity contribution in [2.75, 3.05) is 13.6 Å². The van der Waals surface area contributed by atoms with Gasteiger partial charge in [0.2, 0.25) is 5.91 Å². The average Bonchev–Trinajstić information content (AvgIpc) is 2.85. The van der Waals surface area contributed by atoms with Crippen molar-refractivity contribution < 1.29 is 4.79 Å². The standard InChI is InChI=1S/C15H21ClN2O/c1-11(12-7-4-5-8-13(12)16)18(3)14(19)15(2)9-6-10-17-15/h4-5,7-8,11,17H,6,9-10H2,1-3H3. The number of hydrogen-bond donors (Lipinski definition) is 1. The zero-order valence-electron chi connectivity index (χ0n) is 11.7. The Morgan fingerprint density at radius 3 is 2.74 bits per heavy atom. The lowest BCUT2D eigenvalue weighted by Crippen LogP contribution is -2.52. The summed E-state index contributed by atoms with van der Waals surface area (Å²) < 4.78 is 0. The topological polar surface area (TPSA) is 32.3 Å². The first-order chi connectivity index (χ1) is 8.96. The summed E-state index contributed by atoms with van der Waals surface area (Å²) in [5.74, 6) is 0.136. The highest BCUT2D eigenvalue weighted by molar-refractivity contribution is 6.31. The number of carbonyl (C=O) groups is 1. The molecule has 3 nitrogen and oxygen atoms in total. The fraction of sp³-hybridized carbons (Fsp3) is 0.533. The summed E-state index contributed by atoms with van der Waals surface area (Å²) in [5.41, 5.74) is 0.561. The van der Waals surface area contributed by atoms with Crippen LogP contribution in [0.5, 0.6) is 0 Å². The van der Waals surface area contributed by atoms with Gasteiger partial charge in [-0.15, -0.1) is 0 Å². The van der Waals surface area contributed by atoms with E-state index < -0.39 is 5.54 Å². The summed E-state index contributed by atoms with van der Waals surface area (Å²) >= 11 is 6.21. The Morgan fingerprint density at radius 1 is 1.47 bits per heavy atom. The number of amides is 1. The molecule has 0 radical (unpaired) electrons. The van der Waals surface area contributed by atoms with Gasteiger partial charge in [0.1, 0.15) is 0 Å². The molecule has 104 valence electrons. The minimum absolute atomic E-state index is 0.0274. The van der Waals surface area contributed by atoms with Crippen LogP contribution >= 0.6 is 11.6 Å². The highest BCUT2D eigenvalue weighted by Crippen LogP contribution is 2.29. The van der Waals surface area contributed by atoms with Gasteiger partial charge in [-0.2, -0.15) is 0 Å². The van der Waals surface area contributed by atoms with Gasteiger partial charge in [0.25, 0.3) is 0 Å². The first kappa shape index (κ1) is 14.4. The first-order valence-corrected chi connectivity index (χ1v) is 7.10. The van der Waals surface area contributed by atoms with Crippen molar-refractivity contribution in [3.63, 3.8) is 0 Å². The van der Waals surface area contributed by atoms with Crippen LogP contribution in [0.15, 0.2) is 24.3 Å². The van der Waals surface area contributed by atoms with Crippen molar-refractivity contribution in [2.24, 2.45) is 0 Å². The summed E-state index contributed by atoms with van der Waals surface area (Å²) in [5, 5.41) is 4.02. The zero-order valence-corrected chi connectivity index (χ0v) is 12.5. The lowest BCUT2D eigenvalue weighted by atomic mass is 9.97. The van der Waals surface area contributed by atoms with E-state index in [-0.39, 0.29) is 11.9 Å². The van der Waals surface area contributed by atoms with E-state index in [0.717, 1.165) is 24.9 Å². The van der Waals surface area contributed by atoms with Crippen LogP contribution in [-0.2, 0) is 4.79 Å². The third-order valence-corrected chi connectivity index (χ3v) is 4.44. The van der Waals surface area contributed by atoms with Gasteiger partial charge >= 0.3 is 0 Å². The lowest BCUT2D eigenvalue weighted by molar-refractivity contribution is -0.137. The summed E-state index contributed by atoms with van der Waals surface area (Å²) in [6.45, 7) is 4.91. The molecule has 1 aromatic rings. The van der Waals surface area contributed by atoms with Gasteiger partial charge in [-0.1, -0.05) is 29.8 Å². The van der Waals surface area contributed by atoms with E-state index in [4.69, 9.17) is 11.6 Å². The summed E-state index contributed by atoms with van der Waals surface area (Å²) in [4.78, 5) is 14.4. The highest BCUT2D eigenvalue weighted by Gasteiger charge is 2.39. The van der Waals surface area contributed by atoms with E-state index in [1.165, 1.54) is 0 Å². The first-order valence-electron chi connectivity index (χ1n) is 6.72. The van der Waals surface area contributed by atoms with Crippen LogP contribution < -0.4 is 5.32 Å². The van der Waals surface area contributed by atoms with Gasteiger partial charge in [0, 0.05) is 12.1 Å². The Bertz CT molecular complexity index is 469. The summed E-state index contributed by atoms with van der Waals surface area (Å²) in [7, 11) is 1.85. The van der Waals surface area contributed by atoms with Crippen molar-refractivity contribution in [1.29, 1.82) is 0 Å². The summed E-state index contributed by atoms with van der Waals surface area (Å²) in [6, 6.07) is 7.66. The average molecular weight is 281 g/mol. The Kier molecular flexibility index (Phi) is 4.16. The fourth-order valence-corrected chi connectivity index (χ4v) is 2.96. The van der Waals surface area contributed by atoms with Crippen LogP contribution in [0.2, 0.25) is 5.02 Å². The molecule has 2 unspecified atom stereocenters. The maximum absolute atomic E-state index is 12.6. The number of rotatable bonds is 3. The molecule has 2 rings (SSSR count). The van der Waals surface area contributed by atoms with Crippen LogP contribution in [0.3, 0.4) is 0 Å². The Labute approximate surface area is 119 Å². The number of likely N-dealkylation sites (N-methyl/N-ethyl adjacent to an activating group) is 1. The number of benzene rings is 1. The van der Waals surface area contributed by atoms with Crippen molar-refractivity contribution in [1.82, 2.24) is 10.2 Å². The van der Waals surface area contributed by atoms with E-state index in [2.05, 4.69) is 5.32 Å². The van der Waals surface area contributed by atoms with Gasteiger partial charge in [0.15, 0.2) is 0 Å². The second-order valence-corrected chi connectivity index (χ2v) is 5.88. The predicted molar refractivity (Wildman–Crippen MR) is 78.3 cm³/mol. The van der Waals surface area contributed by atoms with Crippen molar-refractivity contribution in [3.8, 4) is 0 Å². The Morgan fingerprint density at radius 2 is 2.16 bits per heavy atom. The molecule has 0 bridgehead atoms. The van der Waals surface area contributed by atoms with Crippen LogP contribution in [-0.4, -0.2) is 29.9 Å². The SMILES string of the molecule is CC(c1ccccc1Cl)N(C)C(=O)C1(C)CCCN1. The normalized spacial score (nSPS) is 24.2. The molecule has 4 heteroatoms. The van der Waals surface area contributed by atoms with E-state index in [1.54, 1.807) is 4.90 Å². The van der Waals surface area contributed by atoms with Crippen LogP contribution in [0.4, 0.5) is 0 Å². The molecule has 1 heterocycles. The van der Waals surface area contributed by atoms with E-state index in [0.29, 0.717) is 5.02 Å². The van der Waals surface area contributed by atoms with Crippen molar-refractivity contribution in [2.45, 2.75) is 38.3 Å². The Balaban J connectivity index is 2.17. The molecule has 1 fully saturated rings. The van der Waals surface area contributed by atoms with Gasteiger partial charge in [0.05, 0.1) is 11.6 Å². The van der Waals surface area contributed by atoms with Gasteiger partial charge in [-0.05, 0) is 44.9 Å². The van der Waals surface area contributed by atoms with E-state index in [9.17, 15) is 4.79 Å². The molecule has 0 aromatic heterocycles. The monoisotopic (exact) mass is 280 g/mol. The zero-order chi connectivity index (χ0) is 14.0. The van der Waals surface area contributed by atoms with E-state index >= 15 is 0 Å². The van der Waals surface area contributed by atoms with Gasteiger partial charge < -0.3 is 10.2 Å². The number of nitrogens with one attached hydrogen (secondary N) is 1.